The summed E-state index contributed by atoms with van der Waals surface area (Å²) >= 11 is 0. The Labute approximate surface area is 154 Å². The molecule has 142 valence electrons. The third-order valence-corrected chi connectivity index (χ3v) is 6.62. The Balaban J connectivity index is 1.26. The van der Waals surface area contributed by atoms with Crippen molar-refractivity contribution in [3.8, 4) is 0 Å². The number of hydrogen-bond donors (Lipinski definition) is 1. The van der Waals surface area contributed by atoms with Crippen LogP contribution in [0.4, 0.5) is 0 Å². The minimum absolute atomic E-state index is 0.0594. The predicted molar refractivity (Wildman–Crippen MR) is 95.5 cm³/mol. The van der Waals surface area contributed by atoms with Gasteiger partial charge in [0.25, 0.3) is 5.91 Å². The number of carbonyl (C=O) groups excluding carboxylic acids is 2. The third-order valence-electron chi connectivity index (χ3n) is 6.62. The zero-order valence-corrected chi connectivity index (χ0v) is 15.7. The number of rotatable bonds is 5. The van der Waals surface area contributed by atoms with Crippen molar-refractivity contribution in [3.05, 3.63) is 18.0 Å². The van der Waals surface area contributed by atoms with E-state index in [0.29, 0.717) is 12.0 Å². The van der Waals surface area contributed by atoms with Crippen molar-refractivity contribution in [2.75, 3.05) is 20.2 Å². The van der Waals surface area contributed by atoms with Crippen LogP contribution in [0.1, 0.15) is 55.3 Å². The zero-order chi connectivity index (χ0) is 18.4. The molecule has 26 heavy (non-hydrogen) atoms. The quantitative estimate of drug-likeness (QED) is 0.863. The first-order chi connectivity index (χ1) is 12.4. The van der Waals surface area contributed by atoms with Gasteiger partial charge in [0.15, 0.2) is 0 Å². The second-order valence-corrected chi connectivity index (χ2v) is 8.46. The lowest BCUT2D eigenvalue weighted by atomic mass is 9.65. The first kappa shape index (κ1) is 17.5. The maximum absolute atomic E-state index is 12.7. The number of aryl methyl sites for hydroxylation is 1. The van der Waals surface area contributed by atoms with Gasteiger partial charge in [-0.2, -0.15) is 5.10 Å². The maximum atomic E-state index is 12.7. The molecule has 2 heterocycles. The molecular weight excluding hydrogens is 332 g/mol. The molecule has 4 rings (SSSR count). The molecule has 0 unspecified atom stereocenters. The predicted octanol–water partition coefficient (Wildman–Crippen LogP) is 1.49. The van der Waals surface area contributed by atoms with Crippen LogP contribution in [-0.2, 0) is 16.6 Å². The Kier molecular flexibility index (Phi) is 4.29. The molecule has 0 radical (unpaired) electrons. The summed E-state index contributed by atoms with van der Waals surface area (Å²) in [6, 6.07) is 0.203. The summed E-state index contributed by atoms with van der Waals surface area (Å²) in [5, 5.41) is 7.13. The fraction of sp³-hybridized carbons (Fsp3) is 0.737. The first-order valence-corrected chi connectivity index (χ1v) is 9.55. The molecule has 1 spiro atoms. The lowest BCUT2D eigenvalue weighted by molar-refractivity contribution is -0.143. The fourth-order valence-electron chi connectivity index (χ4n) is 4.79. The third kappa shape index (κ3) is 3.13. The number of methoxy groups -OCH3 is 1. The van der Waals surface area contributed by atoms with Crippen LogP contribution in [0.15, 0.2) is 12.4 Å². The smallest absolute Gasteiger partial charge is 0.254 e. The Bertz CT molecular complexity index is 698. The number of nitrogens with zero attached hydrogens (tertiary/aromatic N) is 3. The van der Waals surface area contributed by atoms with Gasteiger partial charge in [0.2, 0.25) is 5.91 Å². The molecule has 0 atom stereocenters. The van der Waals surface area contributed by atoms with Gasteiger partial charge in [-0.25, -0.2) is 0 Å². The molecule has 3 aliphatic rings. The normalized spacial score (nSPS) is 29.3. The molecule has 1 aliphatic heterocycles. The number of nitrogens with one attached hydrogen (secondary N) is 1. The summed E-state index contributed by atoms with van der Waals surface area (Å²) in [6.07, 6.45) is 9.93. The molecule has 2 amide bonds. The zero-order valence-electron chi connectivity index (χ0n) is 15.7. The van der Waals surface area contributed by atoms with Crippen molar-refractivity contribution in [1.29, 1.82) is 0 Å². The van der Waals surface area contributed by atoms with Crippen LogP contribution in [0.5, 0.6) is 0 Å². The Morgan fingerprint density at radius 2 is 2.12 bits per heavy atom. The molecule has 1 saturated heterocycles. The van der Waals surface area contributed by atoms with Crippen LogP contribution in [-0.4, -0.2) is 58.3 Å². The summed E-state index contributed by atoms with van der Waals surface area (Å²) in [5.74, 6) is 0.169. The van der Waals surface area contributed by atoms with Crippen molar-refractivity contribution >= 4 is 11.8 Å². The Morgan fingerprint density at radius 3 is 2.69 bits per heavy atom. The molecule has 7 nitrogen and oxygen atoms in total. The van der Waals surface area contributed by atoms with Crippen molar-refractivity contribution in [3.63, 3.8) is 0 Å². The summed E-state index contributed by atoms with van der Waals surface area (Å²) in [7, 11) is 3.52. The molecule has 0 bridgehead atoms. The molecule has 0 aromatic carbocycles. The minimum Gasteiger partial charge on any atom is -0.378 e. The van der Waals surface area contributed by atoms with Gasteiger partial charge in [0.05, 0.1) is 23.8 Å². The lowest BCUT2D eigenvalue weighted by Crippen LogP contribution is -2.52. The number of carbonyl (C=O) groups is 2. The largest absolute Gasteiger partial charge is 0.378 e. The van der Waals surface area contributed by atoms with E-state index in [9.17, 15) is 9.59 Å². The summed E-state index contributed by atoms with van der Waals surface area (Å²) < 4.78 is 7.23. The van der Waals surface area contributed by atoms with Crippen molar-refractivity contribution in [2.24, 2.45) is 12.5 Å². The van der Waals surface area contributed by atoms with E-state index in [1.807, 2.05) is 4.90 Å². The van der Waals surface area contributed by atoms with E-state index >= 15 is 0 Å². The lowest BCUT2D eigenvalue weighted by Gasteiger charge is -2.45. The van der Waals surface area contributed by atoms with Crippen molar-refractivity contribution < 1.29 is 14.3 Å². The highest BCUT2D eigenvalue weighted by atomic mass is 16.5. The SMILES string of the molecule is COC1(CC(=O)N2CCC3(CC(NC(=O)c4cnn(C)c4)C3)C2)CCC1. The van der Waals surface area contributed by atoms with E-state index in [4.69, 9.17) is 4.74 Å². The standard InChI is InChI=1S/C19H28N4O3/c1-22-12-14(11-20-22)17(25)21-15-8-18(9-15)6-7-23(13-18)16(24)10-19(26-2)4-3-5-19/h11-12,15H,3-10,13H2,1-2H3,(H,21,25). The van der Waals surface area contributed by atoms with E-state index in [-0.39, 0.29) is 28.9 Å². The van der Waals surface area contributed by atoms with Gasteiger partial charge in [-0.05, 0) is 43.9 Å². The molecule has 1 aromatic rings. The molecule has 1 N–H and O–H groups in total. The second kappa shape index (κ2) is 6.37. The van der Waals surface area contributed by atoms with E-state index in [2.05, 4.69) is 10.4 Å². The fourth-order valence-corrected chi connectivity index (χ4v) is 4.79. The van der Waals surface area contributed by atoms with Gasteiger partial charge >= 0.3 is 0 Å². The van der Waals surface area contributed by atoms with Gasteiger partial charge < -0.3 is 15.0 Å². The van der Waals surface area contributed by atoms with Crippen LogP contribution in [0.25, 0.3) is 0 Å². The monoisotopic (exact) mass is 360 g/mol. The van der Waals surface area contributed by atoms with Gasteiger partial charge in [-0.1, -0.05) is 0 Å². The van der Waals surface area contributed by atoms with Gasteiger partial charge in [0.1, 0.15) is 0 Å². The summed E-state index contributed by atoms with van der Waals surface area (Å²) in [6.45, 7) is 1.66. The molecule has 3 fully saturated rings. The summed E-state index contributed by atoms with van der Waals surface area (Å²) in [5.41, 5.74) is 0.594. The van der Waals surface area contributed by atoms with E-state index < -0.39 is 0 Å². The maximum Gasteiger partial charge on any atom is 0.254 e. The first-order valence-electron chi connectivity index (χ1n) is 9.55. The molecule has 7 heteroatoms. The number of hydrogen-bond acceptors (Lipinski definition) is 4. The van der Waals surface area contributed by atoms with E-state index in [0.717, 1.165) is 51.6 Å². The van der Waals surface area contributed by atoms with Gasteiger partial charge in [-0.3, -0.25) is 14.3 Å². The Morgan fingerprint density at radius 1 is 1.35 bits per heavy atom. The van der Waals surface area contributed by atoms with Crippen molar-refractivity contribution in [1.82, 2.24) is 20.0 Å². The topological polar surface area (TPSA) is 76.5 Å². The second-order valence-electron chi connectivity index (χ2n) is 8.46. The highest BCUT2D eigenvalue weighted by molar-refractivity contribution is 5.93. The number of amides is 2. The van der Waals surface area contributed by atoms with Crippen molar-refractivity contribution in [2.45, 2.75) is 56.6 Å². The highest BCUT2D eigenvalue weighted by Crippen LogP contribution is 2.49. The van der Waals surface area contributed by atoms with Crippen LogP contribution < -0.4 is 5.32 Å². The van der Waals surface area contributed by atoms with E-state index in [1.54, 1.807) is 31.2 Å². The van der Waals surface area contributed by atoms with Gasteiger partial charge in [0, 0.05) is 39.5 Å². The molecule has 2 aliphatic carbocycles. The van der Waals surface area contributed by atoms with Crippen LogP contribution in [0, 0.1) is 5.41 Å². The molecule has 2 saturated carbocycles. The average molecular weight is 360 g/mol. The molecule has 1 aromatic heterocycles. The van der Waals surface area contributed by atoms with Crippen LogP contribution in [0.2, 0.25) is 0 Å². The summed E-state index contributed by atoms with van der Waals surface area (Å²) in [4.78, 5) is 26.9. The van der Waals surface area contributed by atoms with E-state index in [1.165, 1.54) is 0 Å². The number of aromatic nitrogens is 2. The number of ether oxygens (including phenoxy) is 1. The highest BCUT2D eigenvalue weighted by Gasteiger charge is 2.50. The Hall–Kier alpha value is -1.89. The van der Waals surface area contributed by atoms with Crippen LogP contribution >= 0.6 is 0 Å². The molecular formula is C19H28N4O3. The van der Waals surface area contributed by atoms with Crippen LogP contribution in [0.3, 0.4) is 0 Å². The average Bonchev–Trinajstić information content (AvgIpc) is 3.17. The van der Waals surface area contributed by atoms with Gasteiger partial charge in [-0.15, -0.1) is 0 Å². The minimum atomic E-state index is -0.202. The number of likely N-dealkylation sites (tertiary alicyclic amines) is 1.